The fourth-order valence-electron chi connectivity index (χ4n) is 6.12. The van der Waals surface area contributed by atoms with Crippen molar-refractivity contribution in [2.24, 2.45) is 5.84 Å². The Bertz CT molecular complexity index is 497. The van der Waals surface area contributed by atoms with E-state index in [0.29, 0.717) is 6.42 Å². The molecule has 4 nitrogen and oxygen atoms in total. The largest absolute Gasteiger partial charge is 0.271 e. The molecule has 246 valence electrons. The molecule has 0 spiro atoms. The highest BCUT2D eigenvalue weighted by Gasteiger charge is 2.05. The van der Waals surface area contributed by atoms with Gasteiger partial charge in [0.2, 0.25) is 0 Å². The summed E-state index contributed by atoms with van der Waals surface area (Å²) >= 11 is 0. The second kappa shape index (κ2) is 35.6. The van der Waals surface area contributed by atoms with Gasteiger partial charge in [-0.3, -0.25) is 10.0 Å². The second-order valence-electron chi connectivity index (χ2n) is 13.2. The summed E-state index contributed by atoms with van der Waals surface area (Å²) in [5.74, 6) is 4.61. The molecule has 0 bridgehead atoms. The van der Waals surface area contributed by atoms with E-state index in [2.05, 4.69) is 6.92 Å². The first-order chi connectivity index (χ1) is 20.2. The Labute approximate surface area is 258 Å². The number of hydrazine groups is 1. The van der Waals surface area contributed by atoms with Gasteiger partial charge in [0.25, 0.3) is 5.91 Å². The number of amides is 1. The SMILES string of the molecule is CCCCCCCCCCCCCCCCCCCCCCCCCCCCCCCCCCCCC(=O)N(N)O. The number of nitrogens with two attached hydrogens (primary N) is 1. The highest BCUT2D eigenvalue weighted by molar-refractivity contribution is 5.74. The van der Waals surface area contributed by atoms with Gasteiger partial charge in [0.1, 0.15) is 0 Å². The lowest BCUT2D eigenvalue weighted by molar-refractivity contribution is -0.166. The molecule has 0 radical (unpaired) electrons. The van der Waals surface area contributed by atoms with Crippen LogP contribution in [-0.2, 0) is 4.79 Å². The standard InChI is InChI=1S/C37H76N2O2/c1-2-3-4-5-6-7-8-9-10-11-12-13-14-15-16-17-18-19-20-21-22-23-24-25-26-27-28-29-30-31-32-33-34-35-36-37(40)39(38)41/h41H,2-36,38H2,1H3. The van der Waals surface area contributed by atoms with Crippen molar-refractivity contribution in [2.75, 3.05) is 0 Å². The Morgan fingerprint density at radius 2 is 0.561 bits per heavy atom. The van der Waals surface area contributed by atoms with Crippen LogP contribution in [0.5, 0.6) is 0 Å². The highest BCUT2D eigenvalue weighted by Crippen LogP contribution is 2.17. The molecule has 0 fully saturated rings. The molecule has 0 aromatic rings. The van der Waals surface area contributed by atoms with Gasteiger partial charge in [-0.15, -0.1) is 0 Å². The van der Waals surface area contributed by atoms with E-state index < -0.39 is 0 Å². The number of carbonyl (C=O) groups is 1. The Kier molecular flexibility index (Phi) is 35.1. The predicted octanol–water partition coefficient (Wildman–Crippen LogP) is 12.8. The molecule has 0 aliphatic carbocycles. The summed E-state index contributed by atoms with van der Waals surface area (Å²) in [7, 11) is 0. The molecule has 0 saturated carbocycles. The van der Waals surface area contributed by atoms with Crippen LogP contribution in [0.2, 0.25) is 0 Å². The smallest absolute Gasteiger partial charge is 0.260 e. The fraction of sp³-hybridized carbons (Fsp3) is 0.973. The van der Waals surface area contributed by atoms with Crippen molar-refractivity contribution in [2.45, 2.75) is 232 Å². The third kappa shape index (κ3) is 35.5. The van der Waals surface area contributed by atoms with E-state index in [9.17, 15) is 4.79 Å². The minimum atomic E-state index is -0.388. The third-order valence-electron chi connectivity index (χ3n) is 9.00. The molecule has 0 unspecified atom stereocenters. The van der Waals surface area contributed by atoms with Crippen LogP contribution in [0.15, 0.2) is 0 Å². The van der Waals surface area contributed by atoms with E-state index in [-0.39, 0.29) is 11.1 Å². The summed E-state index contributed by atoms with van der Waals surface area (Å²) in [4.78, 5) is 11.2. The Morgan fingerprint density at radius 1 is 0.390 bits per heavy atom. The van der Waals surface area contributed by atoms with Crippen molar-refractivity contribution >= 4 is 5.91 Å². The average molecular weight is 581 g/mol. The number of nitrogens with zero attached hydrogens (tertiary/aromatic N) is 1. The van der Waals surface area contributed by atoms with Crippen LogP contribution >= 0.6 is 0 Å². The first-order valence-electron chi connectivity index (χ1n) is 18.9. The molecule has 0 heterocycles. The summed E-state index contributed by atoms with van der Waals surface area (Å²) in [6, 6.07) is 0. The molecule has 0 saturated heterocycles. The lowest BCUT2D eigenvalue weighted by atomic mass is 10.0. The van der Waals surface area contributed by atoms with Crippen LogP contribution < -0.4 is 5.84 Å². The van der Waals surface area contributed by atoms with Crippen LogP contribution in [-0.4, -0.2) is 16.3 Å². The summed E-state index contributed by atoms with van der Waals surface area (Å²) in [6.07, 6.45) is 48.1. The maximum absolute atomic E-state index is 11.2. The van der Waals surface area contributed by atoms with Crippen LogP contribution in [0.3, 0.4) is 0 Å². The first kappa shape index (κ1) is 40.4. The first-order valence-corrected chi connectivity index (χ1v) is 18.9. The maximum atomic E-state index is 11.2. The lowest BCUT2D eigenvalue weighted by Crippen LogP contribution is -2.33. The maximum Gasteiger partial charge on any atom is 0.260 e. The van der Waals surface area contributed by atoms with Crippen molar-refractivity contribution in [3.05, 3.63) is 0 Å². The van der Waals surface area contributed by atoms with Gasteiger partial charge < -0.3 is 0 Å². The number of rotatable bonds is 35. The highest BCUT2D eigenvalue weighted by atomic mass is 16.5. The molecule has 0 aliphatic rings. The van der Waals surface area contributed by atoms with Crippen molar-refractivity contribution in [1.82, 2.24) is 5.17 Å². The lowest BCUT2D eigenvalue weighted by Gasteiger charge is -2.07. The molecule has 0 aromatic heterocycles. The average Bonchev–Trinajstić information content (AvgIpc) is 2.97. The molecule has 0 aromatic carbocycles. The Balaban J connectivity index is 3.05. The summed E-state index contributed by atoms with van der Waals surface area (Å²) in [5, 5.41) is 9.02. The van der Waals surface area contributed by atoms with Gasteiger partial charge in [-0.1, -0.05) is 219 Å². The summed E-state index contributed by atoms with van der Waals surface area (Å²) in [5.41, 5.74) is 0. The van der Waals surface area contributed by atoms with E-state index in [1.165, 1.54) is 205 Å². The van der Waals surface area contributed by atoms with E-state index >= 15 is 0 Å². The molecular formula is C37H76N2O2. The molecule has 1 amide bonds. The minimum absolute atomic E-state index is 0.212. The van der Waals surface area contributed by atoms with Gasteiger partial charge in [-0.05, 0) is 6.42 Å². The van der Waals surface area contributed by atoms with Crippen molar-refractivity contribution in [1.29, 1.82) is 0 Å². The number of hydroxylamine groups is 1. The molecular weight excluding hydrogens is 504 g/mol. The van der Waals surface area contributed by atoms with E-state index in [4.69, 9.17) is 11.0 Å². The third-order valence-corrected chi connectivity index (χ3v) is 9.00. The van der Waals surface area contributed by atoms with E-state index in [0.717, 1.165) is 12.8 Å². The molecule has 0 rings (SSSR count). The predicted molar refractivity (Wildman–Crippen MR) is 180 cm³/mol. The Hall–Kier alpha value is -0.610. The number of unbranched alkanes of at least 4 members (excludes halogenated alkanes) is 33. The monoisotopic (exact) mass is 581 g/mol. The molecule has 41 heavy (non-hydrogen) atoms. The van der Waals surface area contributed by atoms with Crippen LogP contribution in [0.4, 0.5) is 0 Å². The van der Waals surface area contributed by atoms with Gasteiger partial charge in [0.05, 0.1) is 0 Å². The fourth-order valence-corrected chi connectivity index (χ4v) is 6.12. The van der Waals surface area contributed by atoms with Crippen LogP contribution in [0.25, 0.3) is 0 Å². The van der Waals surface area contributed by atoms with Crippen LogP contribution in [0, 0.1) is 0 Å². The zero-order valence-corrected chi connectivity index (χ0v) is 28.1. The van der Waals surface area contributed by atoms with Gasteiger partial charge in [0.15, 0.2) is 0 Å². The summed E-state index contributed by atoms with van der Waals surface area (Å²) < 4.78 is 0. The van der Waals surface area contributed by atoms with Crippen LogP contribution in [0.1, 0.15) is 232 Å². The van der Waals surface area contributed by atoms with E-state index in [1.54, 1.807) is 0 Å². The number of hydrogen-bond acceptors (Lipinski definition) is 3. The quantitative estimate of drug-likeness (QED) is 0.0257. The zero-order chi connectivity index (χ0) is 29.9. The van der Waals surface area contributed by atoms with Gasteiger partial charge in [-0.25, -0.2) is 5.84 Å². The van der Waals surface area contributed by atoms with E-state index in [1.807, 2.05) is 0 Å². The van der Waals surface area contributed by atoms with Gasteiger partial charge in [-0.2, -0.15) is 5.17 Å². The normalized spacial score (nSPS) is 11.4. The van der Waals surface area contributed by atoms with Crippen molar-refractivity contribution in [3.8, 4) is 0 Å². The van der Waals surface area contributed by atoms with Crippen molar-refractivity contribution in [3.63, 3.8) is 0 Å². The molecule has 0 atom stereocenters. The minimum Gasteiger partial charge on any atom is -0.271 e. The van der Waals surface area contributed by atoms with Gasteiger partial charge in [0, 0.05) is 6.42 Å². The topological polar surface area (TPSA) is 66.6 Å². The number of carbonyl (C=O) groups excluding carboxylic acids is 1. The Morgan fingerprint density at radius 3 is 0.732 bits per heavy atom. The van der Waals surface area contributed by atoms with Crippen molar-refractivity contribution < 1.29 is 10.0 Å². The van der Waals surface area contributed by atoms with Gasteiger partial charge >= 0.3 is 0 Å². The second-order valence-corrected chi connectivity index (χ2v) is 13.2. The zero-order valence-electron chi connectivity index (χ0n) is 28.1. The molecule has 0 aliphatic heterocycles. The molecule has 4 heteroatoms. The molecule has 3 N–H and O–H groups in total. The number of hydrogen-bond donors (Lipinski definition) is 2. The summed E-state index contributed by atoms with van der Waals surface area (Å²) in [6.45, 7) is 2.30.